The maximum absolute atomic E-state index is 11.9. The van der Waals surface area contributed by atoms with Crippen LogP contribution in [0.2, 0.25) is 0 Å². The number of rotatable bonds is 6. The van der Waals surface area contributed by atoms with Gasteiger partial charge >= 0.3 is 6.03 Å². The monoisotopic (exact) mass is 309 g/mol. The second kappa shape index (κ2) is 7.60. The zero-order chi connectivity index (χ0) is 16.0. The molecule has 0 aliphatic heterocycles. The van der Waals surface area contributed by atoms with Gasteiger partial charge in [0.2, 0.25) is 0 Å². The molecule has 22 heavy (non-hydrogen) atoms. The lowest BCUT2D eigenvalue weighted by molar-refractivity contribution is 0.00755. The van der Waals surface area contributed by atoms with Gasteiger partial charge in [0.15, 0.2) is 5.82 Å². The van der Waals surface area contributed by atoms with Crippen LogP contribution in [-0.4, -0.2) is 58.6 Å². The summed E-state index contributed by atoms with van der Waals surface area (Å²) in [5.41, 5.74) is -0.749. The van der Waals surface area contributed by atoms with Gasteiger partial charge in [-0.2, -0.15) is 5.10 Å². The average Bonchev–Trinajstić information content (AvgIpc) is 2.91. The van der Waals surface area contributed by atoms with Crippen molar-refractivity contribution in [3.8, 4) is 0 Å². The van der Waals surface area contributed by atoms with Gasteiger partial charge in [-0.05, 0) is 26.9 Å². The van der Waals surface area contributed by atoms with Gasteiger partial charge in [-0.1, -0.05) is 19.3 Å². The molecule has 0 atom stereocenters. The van der Waals surface area contributed by atoms with Gasteiger partial charge in [-0.25, -0.2) is 4.79 Å². The number of likely N-dealkylation sites (N-methyl/N-ethyl adjacent to an activating group) is 1. The minimum absolute atomic E-state index is 0.292. The highest BCUT2D eigenvalue weighted by atomic mass is 16.3. The van der Waals surface area contributed by atoms with E-state index in [1.165, 1.54) is 6.42 Å². The first-order chi connectivity index (χ1) is 10.5. The summed E-state index contributed by atoms with van der Waals surface area (Å²) in [6.07, 6.45) is 6.57. The summed E-state index contributed by atoms with van der Waals surface area (Å²) in [6.45, 7) is 1.95. The molecule has 0 aromatic carbocycles. The standard InChI is InChI=1S/C15H27N5O2/c1-19(2)10-11-20-9-6-13(18-20)17-14(21)16-12-15(22)7-4-3-5-8-15/h6,9,22H,3-5,7-8,10-12H2,1-2H3,(H2,16,17,18,21). The van der Waals surface area contributed by atoms with Crippen molar-refractivity contribution < 1.29 is 9.90 Å². The SMILES string of the molecule is CN(C)CCn1ccc(NC(=O)NCC2(O)CCCCC2)n1. The Balaban J connectivity index is 1.74. The van der Waals surface area contributed by atoms with Crippen molar-refractivity contribution in [2.75, 3.05) is 32.5 Å². The van der Waals surface area contributed by atoms with E-state index in [1.807, 2.05) is 20.3 Å². The van der Waals surface area contributed by atoms with Gasteiger partial charge in [0.25, 0.3) is 0 Å². The van der Waals surface area contributed by atoms with E-state index in [0.29, 0.717) is 12.4 Å². The Hall–Kier alpha value is -1.60. The van der Waals surface area contributed by atoms with E-state index in [2.05, 4.69) is 20.6 Å². The van der Waals surface area contributed by atoms with Crippen molar-refractivity contribution in [1.29, 1.82) is 0 Å². The van der Waals surface area contributed by atoms with Crippen LogP contribution in [0.3, 0.4) is 0 Å². The second-order valence-electron chi connectivity index (χ2n) is 6.36. The molecule has 2 rings (SSSR count). The fourth-order valence-corrected chi connectivity index (χ4v) is 2.65. The van der Waals surface area contributed by atoms with Crippen molar-refractivity contribution in [2.45, 2.75) is 44.2 Å². The summed E-state index contributed by atoms with van der Waals surface area (Å²) >= 11 is 0. The number of anilines is 1. The van der Waals surface area contributed by atoms with Crippen molar-refractivity contribution in [1.82, 2.24) is 20.0 Å². The van der Waals surface area contributed by atoms with E-state index in [0.717, 1.165) is 38.8 Å². The Labute approximate surface area is 131 Å². The summed E-state index contributed by atoms with van der Waals surface area (Å²) in [5.74, 6) is 0.520. The fourth-order valence-electron chi connectivity index (χ4n) is 2.65. The van der Waals surface area contributed by atoms with Crippen LogP contribution in [0.4, 0.5) is 10.6 Å². The van der Waals surface area contributed by atoms with Crippen LogP contribution < -0.4 is 10.6 Å². The number of nitrogens with one attached hydrogen (secondary N) is 2. The van der Waals surface area contributed by atoms with Crippen LogP contribution in [-0.2, 0) is 6.54 Å². The molecule has 7 nitrogen and oxygen atoms in total. The van der Waals surface area contributed by atoms with Crippen LogP contribution in [0.15, 0.2) is 12.3 Å². The predicted molar refractivity (Wildman–Crippen MR) is 85.8 cm³/mol. The first kappa shape index (κ1) is 16.8. The normalized spacial score (nSPS) is 17.5. The summed E-state index contributed by atoms with van der Waals surface area (Å²) in [4.78, 5) is 14.0. The Bertz CT molecular complexity index is 480. The number of aromatic nitrogens is 2. The number of hydrogen-bond donors (Lipinski definition) is 3. The molecule has 1 heterocycles. The van der Waals surface area contributed by atoms with Crippen molar-refractivity contribution in [2.24, 2.45) is 0 Å². The first-order valence-electron chi connectivity index (χ1n) is 7.92. The number of urea groups is 1. The van der Waals surface area contributed by atoms with Gasteiger partial charge in [0.05, 0.1) is 12.1 Å². The second-order valence-corrected chi connectivity index (χ2v) is 6.36. The summed E-state index contributed by atoms with van der Waals surface area (Å²) < 4.78 is 1.80. The van der Waals surface area contributed by atoms with E-state index in [9.17, 15) is 9.90 Å². The van der Waals surface area contributed by atoms with Crippen molar-refractivity contribution in [3.05, 3.63) is 12.3 Å². The molecular weight excluding hydrogens is 282 g/mol. The largest absolute Gasteiger partial charge is 0.388 e. The third kappa shape index (κ3) is 5.31. The summed E-state index contributed by atoms with van der Waals surface area (Å²) in [7, 11) is 4.01. The van der Waals surface area contributed by atoms with Crippen LogP contribution in [0.1, 0.15) is 32.1 Å². The van der Waals surface area contributed by atoms with Crippen LogP contribution in [0.25, 0.3) is 0 Å². The highest BCUT2D eigenvalue weighted by Crippen LogP contribution is 2.27. The Morgan fingerprint density at radius 1 is 1.41 bits per heavy atom. The molecule has 1 aromatic heterocycles. The number of aliphatic hydroxyl groups is 1. The molecule has 1 aliphatic rings. The molecule has 0 spiro atoms. The number of carbonyl (C=O) groups excluding carboxylic acids is 1. The molecule has 1 fully saturated rings. The molecular formula is C15H27N5O2. The molecule has 124 valence electrons. The smallest absolute Gasteiger partial charge is 0.320 e. The topological polar surface area (TPSA) is 82.4 Å². The highest BCUT2D eigenvalue weighted by Gasteiger charge is 2.29. The van der Waals surface area contributed by atoms with Gasteiger partial charge < -0.3 is 15.3 Å². The molecule has 0 bridgehead atoms. The maximum atomic E-state index is 11.9. The van der Waals surface area contributed by atoms with E-state index in [1.54, 1.807) is 10.7 Å². The number of nitrogens with zero attached hydrogens (tertiary/aromatic N) is 3. The molecule has 1 aliphatic carbocycles. The summed E-state index contributed by atoms with van der Waals surface area (Å²) in [6, 6.07) is 1.45. The third-order valence-corrected chi connectivity index (χ3v) is 4.02. The van der Waals surface area contributed by atoms with E-state index in [-0.39, 0.29) is 6.03 Å². The zero-order valence-electron chi connectivity index (χ0n) is 13.5. The Kier molecular flexibility index (Phi) is 5.79. The molecule has 0 unspecified atom stereocenters. The lowest BCUT2D eigenvalue weighted by atomic mass is 9.85. The molecule has 1 saturated carbocycles. The molecule has 2 amide bonds. The fraction of sp³-hybridized carbons (Fsp3) is 0.733. The minimum Gasteiger partial charge on any atom is -0.388 e. The molecule has 0 saturated heterocycles. The number of hydrogen-bond acceptors (Lipinski definition) is 4. The molecule has 3 N–H and O–H groups in total. The van der Waals surface area contributed by atoms with Crippen LogP contribution in [0.5, 0.6) is 0 Å². The van der Waals surface area contributed by atoms with Crippen molar-refractivity contribution in [3.63, 3.8) is 0 Å². The average molecular weight is 309 g/mol. The van der Waals surface area contributed by atoms with E-state index < -0.39 is 5.60 Å². The Morgan fingerprint density at radius 3 is 2.82 bits per heavy atom. The summed E-state index contributed by atoms with van der Waals surface area (Å²) in [5, 5.41) is 20.1. The maximum Gasteiger partial charge on any atom is 0.320 e. The first-order valence-corrected chi connectivity index (χ1v) is 7.92. The Morgan fingerprint density at radius 2 is 2.14 bits per heavy atom. The zero-order valence-corrected chi connectivity index (χ0v) is 13.5. The van der Waals surface area contributed by atoms with Gasteiger partial charge in [-0.15, -0.1) is 0 Å². The molecule has 1 aromatic rings. The van der Waals surface area contributed by atoms with Gasteiger partial charge in [0, 0.05) is 25.4 Å². The van der Waals surface area contributed by atoms with E-state index in [4.69, 9.17) is 0 Å². The van der Waals surface area contributed by atoms with Crippen molar-refractivity contribution >= 4 is 11.8 Å². The van der Waals surface area contributed by atoms with Crippen LogP contribution >= 0.6 is 0 Å². The molecule has 7 heteroatoms. The predicted octanol–water partition coefficient (Wildman–Crippen LogP) is 1.26. The van der Waals surface area contributed by atoms with Gasteiger partial charge in [-0.3, -0.25) is 10.00 Å². The van der Waals surface area contributed by atoms with Crippen LogP contribution in [0, 0.1) is 0 Å². The minimum atomic E-state index is -0.749. The molecule has 0 radical (unpaired) electrons. The lowest BCUT2D eigenvalue weighted by Gasteiger charge is -2.32. The van der Waals surface area contributed by atoms with E-state index >= 15 is 0 Å². The lowest BCUT2D eigenvalue weighted by Crippen LogP contribution is -2.45. The number of amides is 2. The number of carbonyl (C=O) groups is 1. The third-order valence-electron chi connectivity index (χ3n) is 4.02. The highest BCUT2D eigenvalue weighted by molar-refractivity contribution is 5.88. The quantitative estimate of drug-likeness (QED) is 0.739. The van der Waals surface area contributed by atoms with Gasteiger partial charge in [0.1, 0.15) is 0 Å².